The zero-order valence-electron chi connectivity index (χ0n) is 21.2. The van der Waals surface area contributed by atoms with Crippen LogP contribution in [0.2, 0.25) is 0 Å². The lowest BCUT2D eigenvalue weighted by molar-refractivity contribution is -0.385. The molecule has 0 atom stereocenters. The van der Waals surface area contributed by atoms with Crippen LogP contribution in [0, 0.1) is 10.1 Å². The van der Waals surface area contributed by atoms with Gasteiger partial charge in [-0.25, -0.2) is 4.79 Å². The Morgan fingerprint density at radius 1 is 1.06 bits per heavy atom. The van der Waals surface area contributed by atoms with Gasteiger partial charge >= 0.3 is 11.8 Å². The van der Waals surface area contributed by atoms with Crippen LogP contribution >= 0.6 is 0 Å². The van der Waals surface area contributed by atoms with Crippen LogP contribution in [-0.4, -0.2) is 54.8 Å². The molecule has 1 aromatic rings. The molecule has 8 nitrogen and oxygen atoms in total. The molecular weight excluding hydrogens is 398 g/mol. The summed E-state index contributed by atoms with van der Waals surface area (Å²) in [5.74, 6) is 0.229. The monoisotopic (exact) mass is 441 g/mol. The Bertz CT molecular complexity index is 637. The van der Waals surface area contributed by atoms with Crippen molar-refractivity contribution in [2.24, 2.45) is 0 Å². The Balaban J connectivity index is 0. The minimum absolute atomic E-state index is 0.0614. The zero-order chi connectivity index (χ0) is 24.6. The summed E-state index contributed by atoms with van der Waals surface area (Å²) >= 11 is 0. The van der Waals surface area contributed by atoms with Gasteiger partial charge in [-0.1, -0.05) is 48.0 Å². The van der Waals surface area contributed by atoms with Gasteiger partial charge in [0.1, 0.15) is 5.60 Å². The van der Waals surface area contributed by atoms with Crippen molar-refractivity contribution in [2.75, 3.05) is 38.2 Å². The standard InChI is InChI=1S/C16H23N3O5.C3H8.2C2H6/c1-16(2,3)24-15(20)18-9-7-17(8-10-18)12-5-6-13(19(21)22)14(11-12)23-4;1-3-2;2*1-2/h5-6,11H,7-10H2,1-4H3;3H2,1-2H3;2*1-2H3. The minimum Gasteiger partial charge on any atom is -0.490 e. The number of carbonyl (C=O) groups is 1. The molecule has 0 unspecified atom stereocenters. The van der Waals surface area contributed by atoms with Gasteiger partial charge in [0.05, 0.1) is 12.0 Å². The van der Waals surface area contributed by atoms with E-state index < -0.39 is 10.5 Å². The molecular formula is C23H43N3O5. The third-order valence-corrected chi connectivity index (χ3v) is 3.66. The molecule has 8 heteroatoms. The maximum Gasteiger partial charge on any atom is 0.410 e. The third-order valence-electron chi connectivity index (χ3n) is 3.66. The quantitative estimate of drug-likeness (QED) is 0.414. The van der Waals surface area contributed by atoms with Crippen LogP contribution in [0.4, 0.5) is 16.2 Å². The fraction of sp³-hybridized carbons (Fsp3) is 0.696. The largest absolute Gasteiger partial charge is 0.490 e. The van der Waals surface area contributed by atoms with E-state index in [4.69, 9.17) is 9.47 Å². The first kappa shape index (κ1) is 30.7. The average Bonchev–Trinajstić information content (AvgIpc) is 2.75. The summed E-state index contributed by atoms with van der Waals surface area (Å²) in [7, 11) is 1.41. The van der Waals surface area contributed by atoms with Crippen molar-refractivity contribution in [3.63, 3.8) is 0 Å². The second-order valence-electron chi connectivity index (χ2n) is 7.27. The fourth-order valence-corrected chi connectivity index (χ4v) is 2.49. The number of ether oxygens (including phenoxy) is 2. The molecule has 31 heavy (non-hydrogen) atoms. The van der Waals surface area contributed by atoms with E-state index in [2.05, 4.69) is 18.7 Å². The lowest BCUT2D eigenvalue weighted by atomic mass is 10.2. The molecule has 180 valence electrons. The number of anilines is 1. The lowest BCUT2D eigenvalue weighted by Crippen LogP contribution is -2.50. The summed E-state index contributed by atoms with van der Waals surface area (Å²) < 4.78 is 10.5. The van der Waals surface area contributed by atoms with Crippen molar-refractivity contribution < 1.29 is 19.2 Å². The van der Waals surface area contributed by atoms with Gasteiger partial charge < -0.3 is 19.3 Å². The molecule has 1 aliphatic rings. The van der Waals surface area contributed by atoms with Gasteiger partial charge in [-0.15, -0.1) is 0 Å². The van der Waals surface area contributed by atoms with Crippen molar-refractivity contribution in [1.82, 2.24) is 4.90 Å². The topological polar surface area (TPSA) is 85.2 Å². The molecule has 0 aliphatic carbocycles. The van der Waals surface area contributed by atoms with E-state index in [0.29, 0.717) is 26.2 Å². The Morgan fingerprint density at radius 2 is 1.55 bits per heavy atom. The number of nitro benzene ring substituents is 1. The highest BCUT2D eigenvalue weighted by atomic mass is 16.6. The highest BCUT2D eigenvalue weighted by Gasteiger charge is 2.26. The SMILES string of the molecule is CC.CC.CCC.COc1cc(N2CCN(C(=O)OC(C)(C)C)CC2)ccc1[N+](=O)[O-]. The summed E-state index contributed by atoms with van der Waals surface area (Å²) in [4.78, 5) is 26.3. The van der Waals surface area contributed by atoms with E-state index >= 15 is 0 Å². The number of piperazine rings is 1. The number of carbonyl (C=O) groups excluding carboxylic acids is 1. The molecule has 1 aliphatic heterocycles. The molecule has 1 saturated heterocycles. The number of amides is 1. The Hall–Kier alpha value is -2.51. The van der Waals surface area contributed by atoms with Crippen LogP contribution in [0.1, 0.15) is 68.7 Å². The molecule has 0 N–H and O–H groups in total. The van der Waals surface area contributed by atoms with Crippen molar-refractivity contribution >= 4 is 17.5 Å². The van der Waals surface area contributed by atoms with Gasteiger partial charge in [0, 0.05) is 44.0 Å². The minimum atomic E-state index is -0.514. The molecule has 0 bridgehead atoms. The number of rotatable bonds is 3. The van der Waals surface area contributed by atoms with E-state index in [1.165, 1.54) is 19.6 Å². The second-order valence-corrected chi connectivity index (χ2v) is 7.27. The van der Waals surface area contributed by atoms with Crippen molar-refractivity contribution in [3.05, 3.63) is 28.3 Å². The first-order valence-electron chi connectivity index (χ1n) is 11.2. The summed E-state index contributed by atoms with van der Waals surface area (Å²) in [6.45, 7) is 20.1. The molecule has 1 aromatic carbocycles. The van der Waals surface area contributed by atoms with Gasteiger partial charge in [-0.3, -0.25) is 10.1 Å². The number of nitrogens with zero attached hydrogens (tertiary/aromatic N) is 3. The van der Waals surface area contributed by atoms with Gasteiger partial charge in [-0.05, 0) is 26.8 Å². The summed E-state index contributed by atoms with van der Waals surface area (Å²) in [5, 5.41) is 11.0. The molecule has 1 amide bonds. The summed E-state index contributed by atoms with van der Waals surface area (Å²) in [6, 6.07) is 4.79. The average molecular weight is 442 g/mol. The number of methoxy groups -OCH3 is 1. The predicted molar refractivity (Wildman–Crippen MR) is 128 cm³/mol. The van der Waals surface area contributed by atoms with Gasteiger partial charge in [-0.2, -0.15) is 0 Å². The predicted octanol–water partition coefficient (Wildman–Crippen LogP) is 6.13. The van der Waals surface area contributed by atoms with Gasteiger partial charge in [0.25, 0.3) is 0 Å². The molecule has 2 rings (SSSR count). The van der Waals surface area contributed by atoms with Gasteiger partial charge in [0.15, 0.2) is 5.75 Å². The Morgan fingerprint density at radius 3 is 1.94 bits per heavy atom. The first-order chi connectivity index (χ1) is 14.6. The van der Waals surface area contributed by atoms with Gasteiger partial charge in [0.2, 0.25) is 0 Å². The van der Waals surface area contributed by atoms with Crippen LogP contribution in [-0.2, 0) is 4.74 Å². The zero-order valence-corrected chi connectivity index (χ0v) is 21.2. The van der Waals surface area contributed by atoms with E-state index in [-0.39, 0.29) is 17.5 Å². The number of hydrogen-bond donors (Lipinski definition) is 0. The van der Waals surface area contributed by atoms with Crippen LogP contribution in [0.25, 0.3) is 0 Å². The van der Waals surface area contributed by atoms with Crippen LogP contribution in [0.5, 0.6) is 5.75 Å². The van der Waals surface area contributed by atoms with Crippen LogP contribution < -0.4 is 9.64 Å². The molecule has 0 radical (unpaired) electrons. The Kier molecular flexibility index (Phi) is 16.0. The Labute approximate surface area is 188 Å². The van der Waals surface area contributed by atoms with E-state index in [1.807, 2.05) is 48.5 Å². The third kappa shape index (κ3) is 11.5. The van der Waals surface area contributed by atoms with Crippen molar-refractivity contribution in [1.29, 1.82) is 0 Å². The molecule has 0 saturated carbocycles. The number of nitro groups is 1. The highest BCUT2D eigenvalue weighted by molar-refractivity contribution is 5.69. The molecule has 0 spiro atoms. The maximum atomic E-state index is 12.1. The summed E-state index contributed by atoms with van der Waals surface area (Å²) in [5.41, 5.74) is 0.259. The van der Waals surface area contributed by atoms with Crippen molar-refractivity contribution in [2.45, 2.75) is 74.3 Å². The summed E-state index contributed by atoms with van der Waals surface area (Å²) in [6.07, 6.45) is 0.934. The number of benzene rings is 1. The lowest BCUT2D eigenvalue weighted by Gasteiger charge is -2.36. The molecule has 1 fully saturated rings. The normalized spacial score (nSPS) is 12.7. The molecule has 1 heterocycles. The molecule has 0 aromatic heterocycles. The van der Waals surface area contributed by atoms with E-state index in [0.717, 1.165) is 5.69 Å². The fourth-order valence-electron chi connectivity index (χ4n) is 2.49. The van der Waals surface area contributed by atoms with Crippen molar-refractivity contribution in [3.8, 4) is 5.75 Å². The smallest absolute Gasteiger partial charge is 0.410 e. The maximum absolute atomic E-state index is 12.1. The van der Waals surface area contributed by atoms with E-state index in [9.17, 15) is 14.9 Å². The highest BCUT2D eigenvalue weighted by Crippen LogP contribution is 2.31. The van der Waals surface area contributed by atoms with E-state index in [1.54, 1.807) is 17.0 Å². The first-order valence-corrected chi connectivity index (χ1v) is 11.2. The van der Waals surface area contributed by atoms with Crippen LogP contribution in [0.3, 0.4) is 0 Å². The second kappa shape index (κ2) is 16.2. The van der Waals surface area contributed by atoms with Crippen LogP contribution in [0.15, 0.2) is 18.2 Å². The number of hydrogen-bond acceptors (Lipinski definition) is 6.